The molecule has 0 heteroatoms. The van der Waals surface area contributed by atoms with Gasteiger partial charge < -0.3 is 0 Å². The van der Waals surface area contributed by atoms with Gasteiger partial charge in [0, 0.05) is 0 Å². The summed E-state index contributed by atoms with van der Waals surface area (Å²) in [6.07, 6.45) is 1.96. The topological polar surface area (TPSA) is 0 Å². The van der Waals surface area contributed by atoms with Crippen molar-refractivity contribution in [2.45, 2.75) is 68.2 Å². The van der Waals surface area contributed by atoms with Gasteiger partial charge in [-0.2, -0.15) is 0 Å². The Morgan fingerprint density at radius 3 is 1.03 bits per heavy atom. The highest BCUT2D eigenvalue weighted by Gasteiger charge is 2.10. The smallest absolute Gasteiger partial charge is 0.00202 e. The van der Waals surface area contributed by atoms with Crippen molar-refractivity contribution in [2.75, 3.05) is 0 Å². The summed E-state index contributed by atoms with van der Waals surface area (Å²) in [5, 5.41) is 0. The minimum atomic E-state index is 0.979. The fraction of sp³-hybridized carbons (Fsp3) is 0.294. The Balaban J connectivity index is 1.68. The molecule has 0 saturated heterocycles. The minimum absolute atomic E-state index is 0.979. The van der Waals surface area contributed by atoms with E-state index in [0.29, 0.717) is 0 Å². The first-order chi connectivity index (χ1) is 16.1. The molecule has 0 N–H and O–H groups in total. The summed E-state index contributed by atoms with van der Waals surface area (Å²) >= 11 is 0. The van der Waals surface area contributed by atoms with Crippen LogP contribution in [0.3, 0.4) is 0 Å². The van der Waals surface area contributed by atoms with E-state index in [4.69, 9.17) is 0 Å². The van der Waals surface area contributed by atoms with Gasteiger partial charge in [0.05, 0.1) is 0 Å². The number of rotatable bonds is 5. The molecule has 0 aromatic heterocycles. The second-order valence-corrected chi connectivity index (χ2v) is 10.4. The monoisotopic (exact) mass is 446 g/mol. The van der Waals surface area contributed by atoms with Crippen LogP contribution < -0.4 is 0 Å². The molecular formula is C34H38. The van der Waals surface area contributed by atoms with E-state index in [-0.39, 0.29) is 0 Å². The standard InChI is InChI=1S/C34H38/c1-21-9-11-29(17-33(21)19-31-15-25(5)23(3)13-27(31)7)30-12-10-22(2)34(18-30)20-32-16-26(6)24(4)14-28(32)8/h9-18H,19-20H2,1-8H3. The number of aryl methyl sites for hydroxylation is 8. The lowest BCUT2D eigenvalue weighted by Crippen LogP contribution is -1.99. The van der Waals surface area contributed by atoms with Crippen LogP contribution in [0.1, 0.15) is 66.8 Å². The van der Waals surface area contributed by atoms with Crippen molar-refractivity contribution in [2.24, 2.45) is 0 Å². The third-order valence-corrected chi connectivity index (χ3v) is 7.70. The molecule has 0 aliphatic carbocycles. The summed E-state index contributed by atoms with van der Waals surface area (Å²) in [6.45, 7) is 17.8. The van der Waals surface area contributed by atoms with Gasteiger partial charge in [0.2, 0.25) is 0 Å². The van der Waals surface area contributed by atoms with Crippen LogP contribution in [-0.4, -0.2) is 0 Å². The lowest BCUT2D eigenvalue weighted by atomic mass is 9.90. The van der Waals surface area contributed by atoms with Crippen molar-refractivity contribution in [3.05, 3.63) is 127 Å². The van der Waals surface area contributed by atoms with Crippen molar-refractivity contribution < 1.29 is 0 Å². The third-order valence-electron chi connectivity index (χ3n) is 7.70. The molecule has 0 saturated carbocycles. The van der Waals surface area contributed by atoms with Crippen LogP contribution in [-0.2, 0) is 12.8 Å². The maximum Gasteiger partial charge on any atom is -0.00202 e. The predicted molar refractivity (Wildman–Crippen MR) is 148 cm³/mol. The van der Waals surface area contributed by atoms with Crippen LogP contribution in [0.2, 0.25) is 0 Å². The van der Waals surface area contributed by atoms with Gasteiger partial charge >= 0.3 is 0 Å². The van der Waals surface area contributed by atoms with E-state index < -0.39 is 0 Å². The SMILES string of the molecule is Cc1cc(C)c(Cc2cc(-c3ccc(C)c(Cc4cc(C)c(C)cc4C)c3)ccc2C)cc1C. The molecule has 0 amide bonds. The van der Waals surface area contributed by atoms with E-state index in [2.05, 4.69) is 116 Å². The van der Waals surface area contributed by atoms with E-state index >= 15 is 0 Å². The molecule has 0 spiro atoms. The molecule has 4 rings (SSSR count). The normalized spacial score (nSPS) is 11.2. The largest absolute Gasteiger partial charge is 0.0584 e. The zero-order valence-corrected chi connectivity index (χ0v) is 22.2. The lowest BCUT2D eigenvalue weighted by Gasteiger charge is -2.15. The number of hydrogen-bond donors (Lipinski definition) is 0. The fourth-order valence-corrected chi connectivity index (χ4v) is 4.91. The Hall–Kier alpha value is -3.12. The summed E-state index contributed by atoms with van der Waals surface area (Å²) in [5.74, 6) is 0. The molecule has 0 aliphatic heterocycles. The Bertz CT molecular complexity index is 1260. The van der Waals surface area contributed by atoms with Gasteiger partial charge in [-0.05, 0) is 146 Å². The van der Waals surface area contributed by atoms with E-state index in [0.717, 1.165) is 12.8 Å². The molecule has 34 heavy (non-hydrogen) atoms. The maximum atomic E-state index is 2.40. The van der Waals surface area contributed by atoms with Crippen molar-refractivity contribution in [3.63, 3.8) is 0 Å². The molecule has 0 atom stereocenters. The molecule has 0 unspecified atom stereocenters. The van der Waals surface area contributed by atoms with Crippen molar-refractivity contribution in [1.29, 1.82) is 0 Å². The van der Waals surface area contributed by atoms with E-state index in [9.17, 15) is 0 Å². The highest BCUT2D eigenvalue weighted by molar-refractivity contribution is 5.67. The minimum Gasteiger partial charge on any atom is -0.0584 e. The zero-order chi connectivity index (χ0) is 24.6. The van der Waals surface area contributed by atoms with E-state index in [1.165, 1.54) is 77.9 Å². The van der Waals surface area contributed by atoms with Crippen LogP contribution in [0.5, 0.6) is 0 Å². The molecule has 0 nitrogen and oxygen atoms in total. The van der Waals surface area contributed by atoms with Crippen molar-refractivity contribution in [1.82, 2.24) is 0 Å². The Morgan fingerprint density at radius 2 is 0.647 bits per heavy atom. The van der Waals surface area contributed by atoms with Crippen molar-refractivity contribution >= 4 is 0 Å². The third kappa shape index (κ3) is 5.02. The Kier molecular flexibility index (Phi) is 6.80. The molecule has 4 aromatic rings. The zero-order valence-electron chi connectivity index (χ0n) is 22.2. The van der Waals surface area contributed by atoms with Gasteiger partial charge in [-0.1, -0.05) is 60.7 Å². The van der Waals surface area contributed by atoms with Crippen LogP contribution in [0.15, 0.2) is 60.7 Å². The summed E-state index contributed by atoms with van der Waals surface area (Å²) in [7, 11) is 0. The summed E-state index contributed by atoms with van der Waals surface area (Å²) in [5.41, 5.74) is 19.3. The van der Waals surface area contributed by atoms with Gasteiger partial charge in [-0.25, -0.2) is 0 Å². The van der Waals surface area contributed by atoms with Gasteiger partial charge in [0.1, 0.15) is 0 Å². The number of benzene rings is 4. The molecule has 0 bridgehead atoms. The predicted octanol–water partition coefficient (Wildman–Crippen LogP) is 9.00. The quantitative estimate of drug-likeness (QED) is 0.287. The van der Waals surface area contributed by atoms with E-state index in [1.54, 1.807) is 0 Å². The summed E-state index contributed by atoms with van der Waals surface area (Å²) < 4.78 is 0. The first-order valence-electron chi connectivity index (χ1n) is 12.4. The van der Waals surface area contributed by atoms with Gasteiger partial charge in [-0.3, -0.25) is 0 Å². The van der Waals surface area contributed by atoms with Crippen LogP contribution in [0.25, 0.3) is 11.1 Å². The highest BCUT2D eigenvalue weighted by atomic mass is 14.2. The summed E-state index contributed by atoms with van der Waals surface area (Å²) in [4.78, 5) is 0. The maximum absolute atomic E-state index is 2.40. The molecule has 0 radical (unpaired) electrons. The number of hydrogen-bond acceptors (Lipinski definition) is 0. The van der Waals surface area contributed by atoms with E-state index in [1.807, 2.05) is 0 Å². The van der Waals surface area contributed by atoms with Gasteiger partial charge in [0.15, 0.2) is 0 Å². The lowest BCUT2D eigenvalue weighted by molar-refractivity contribution is 1.11. The van der Waals surface area contributed by atoms with Gasteiger partial charge in [0.25, 0.3) is 0 Å². The average Bonchev–Trinajstić information content (AvgIpc) is 2.78. The second kappa shape index (κ2) is 9.63. The first kappa shape index (κ1) is 24.0. The first-order valence-corrected chi connectivity index (χ1v) is 12.4. The Labute approximate surface area is 206 Å². The molecule has 0 heterocycles. The molecular weight excluding hydrogens is 408 g/mol. The van der Waals surface area contributed by atoms with Crippen LogP contribution >= 0.6 is 0 Å². The fourth-order valence-electron chi connectivity index (χ4n) is 4.91. The van der Waals surface area contributed by atoms with Gasteiger partial charge in [-0.15, -0.1) is 0 Å². The van der Waals surface area contributed by atoms with Crippen molar-refractivity contribution in [3.8, 4) is 11.1 Å². The summed E-state index contributed by atoms with van der Waals surface area (Å²) in [6, 6.07) is 23.3. The molecule has 4 aromatic carbocycles. The van der Waals surface area contributed by atoms with Crippen LogP contribution in [0.4, 0.5) is 0 Å². The van der Waals surface area contributed by atoms with Crippen LogP contribution in [0, 0.1) is 55.4 Å². The average molecular weight is 447 g/mol. The highest BCUT2D eigenvalue weighted by Crippen LogP contribution is 2.29. The second-order valence-electron chi connectivity index (χ2n) is 10.4. The molecule has 0 aliphatic rings. The molecule has 174 valence electrons. The Morgan fingerprint density at radius 1 is 0.324 bits per heavy atom. The molecule has 0 fully saturated rings.